The van der Waals surface area contributed by atoms with Crippen molar-refractivity contribution >= 4 is 15.8 Å². The number of hydrogen-bond acceptors (Lipinski definition) is 7. The van der Waals surface area contributed by atoms with Crippen molar-refractivity contribution in [3.8, 4) is 0 Å². The van der Waals surface area contributed by atoms with E-state index in [2.05, 4.69) is 24.6 Å². The minimum atomic E-state index is -3.74. The third-order valence-corrected chi connectivity index (χ3v) is 5.60. The second-order valence-corrected chi connectivity index (χ2v) is 8.62. The highest BCUT2D eigenvalue weighted by molar-refractivity contribution is 7.89. The number of anilines is 1. The van der Waals surface area contributed by atoms with Crippen LogP contribution in [0.5, 0.6) is 0 Å². The van der Waals surface area contributed by atoms with E-state index >= 15 is 0 Å². The van der Waals surface area contributed by atoms with Crippen molar-refractivity contribution in [3.63, 3.8) is 0 Å². The maximum Gasteiger partial charge on any atom is 0.260 e. The van der Waals surface area contributed by atoms with E-state index in [1.807, 2.05) is 26.8 Å². The van der Waals surface area contributed by atoms with Gasteiger partial charge in [0.05, 0.1) is 19.8 Å². The van der Waals surface area contributed by atoms with Gasteiger partial charge in [-0.15, -0.1) is 0 Å². The van der Waals surface area contributed by atoms with E-state index in [1.54, 1.807) is 11.6 Å². The summed E-state index contributed by atoms with van der Waals surface area (Å²) in [7, 11) is -1.95. The molecule has 0 saturated carbocycles. The van der Waals surface area contributed by atoms with Crippen LogP contribution < -0.4 is 9.62 Å². The van der Waals surface area contributed by atoms with Crippen molar-refractivity contribution in [1.29, 1.82) is 0 Å². The maximum absolute atomic E-state index is 12.6. The quantitative estimate of drug-likeness (QED) is 0.778. The van der Waals surface area contributed by atoms with Crippen molar-refractivity contribution in [3.05, 3.63) is 29.6 Å². The summed E-state index contributed by atoms with van der Waals surface area (Å²) in [5.41, 5.74) is 0.792. The molecule has 0 unspecified atom stereocenters. The lowest BCUT2D eigenvalue weighted by atomic mass is 10.2. The molecule has 0 atom stereocenters. The fourth-order valence-corrected chi connectivity index (χ4v) is 3.98. The molecule has 1 fully saturated rings. The SMILES string of the molecule is Cc1cc(N2CCOCC2)nc(CNS(=O)(=O)c2cn(C)c(C(C)C)n2)n1. The molecule has 2 aromatic rings. The molecule has 0 spiro atoms. The molecule has 1 saturated heterocycles. The number of sulfonamides is 1. The molecule has 2 aromatic heterocycles. The number of aromatic nitrogens is 4. The Hall–Kier alpha value is -2.04. The van der Waals surface area contributed by atoms with Crippen LogP contribution in [0.3, 0.4) is 0 Å². The lowest BCUT2D eigenvalue weighted by Crippen LogP contribution is -2.37. The van der Waals surface area contributed by atoms with Crippen molar-refractivity contribution in [1.82, 2.24) is 24.2 Å². The summed E-state index contributed by atoms with van der Waals surface area (Å²) in [6, 6.07) is 1.90. The van der Waals surface area contributed by atoms with Gasteiger partial charge in [-0.25, -0.2) is 28.1 Å². The first kappa shape index (κ1) is 19.7. The van der Waals surface area contributed by atoms with Crippen LogP contribution in [0.25, 0.3) is 0 Å². The van der Waals surface area contributed by atoms with Crippen LogP contribution in [0.2, 0.25) is 0 Å². The molecule has 0 aliphatic carbocycles. The van der Waals surface area contributed by atoms with Crippen molar-refractivity contribution in [2.45, 2.75) is 38.3 Å². The number of aryl methyl sites for hydroxylation is 2. The van der Waals surface area contributed by atoms with E-state index in [9.17, 15) is 8.42 Å². The first-order chi connectivity index (χ1) is 12.8. The van der Waals surface area contributed by atoms with Gasteiger partial charge in [0.15, 0.2) is 5.03 Å². The smallest absolute Gasteiger partial charge is 0.260 e. The second kappa shape index (κ2) is 7.91. The molecule has 0 amide bonds. The number of morpholine rings is 1. The van der Waals surface area contributed by atoms with Gasteiger partial charge in [0.1, 0.15) is 17.5 Å². The monoisotopic (exact) mass is 394 g/mol. The number of imidazole rings is 1. The molecule has 3 heterocycles. The van der Waals surface area contributed by atoms with E-state index in [0.29, 0.717) is 19.0 Å². The lowest BCUT2D eigenvalue weighted by molar-refractivity contribution is 0.122. The summed E-state index contributed by atoms with van der Waals surface area (Å²) in [5, 5.41) is 0.00903. The molecule has 0 aromatic carbocycles. The Balaban J connectivity index is 1.75. The molecular formula is C17H26N6O3S. The molecule has 3 rings (SSSR count). The van der Waals surface area contributed by atoms with Gasteiger partial charge in [0.25, 0.3) is 10.0 Å². The van der Waals surface area contributed by atoms with E-state index in [-0.39, 0.29) is 17.5 Å². The van der Waals surface area contributed by atoms with Crippen molar-refractivity contribution < 1.29 is 13.2 Å². The predicted octanol–water partition coefficient (Wildman–Crippen LogP) is 0.957. The standard InChI is InChI=1S/C17H26N6O3S/c1-12(2)17-21-16(11-22(17)4)27(24,25)18-10-14-19-13(3)9-15(20-14)23-5-7-26-8-6-23/h9,11-12,18H,5-8,10H2,1-4H3. The molecule has 0 bridgehead atoms. The molecule has 0 radical (unpaired) electrons. The summed E-state index contributed by atoms with van der Waals surface area (Å²) in [6.45, 7) is 8.65. The highest BCUT2D eigenvalue weighted by atomic mass is 32.2. The van der Waals surface area contributed by atoms with Gasteiger partial charge in [0, 0.05) is 44.0 Å². The predicted molar refractivity (Wildman–Crippen MR) is 101 cm³/mol. The van der Waals surface area contributed by atoms with Gasteiger partial charge in [-0.2, -0.15) is 0 Å². The highest BCUT2D eigenvalue weighted by Crippen LogP contribution is 2.17. The highest BCUT2D eigenvalue weighted by Gasteiger charge is 2.21. The maximum atomic E-state index is 12.6. The van der Waals surface area contributed by atoms with Crippen LogP contribution in [-0.2, 0) is 28.4 Å². The zero-order chi connectivity index (χ0) is 19.6. The first-order valence-electron chi connectivity index (χ1n) is 8.96. The Morgan fingerprint density at radius 1 is 1.22 bits per heavy atom. The normalized spacial score (nSPS) is 15.5. The second-order valence-electron chi connectivity index (χ2n) is 6.91. The van der Waals surface area contributed by atoms with Gasteiger partial charge in [-0.05, 0) is 6.92 Å². The summed E-state index contributed by atoms with van der Waals surface area (Å²) >= 11 is 0. The number of rotatable bonds is 6. The van der Waals surface area contributed by atoms with Gasteiger partial charge in [-0.3, -0.25) is 0 Å². The topological polar surface area (TPSA) is 102 Å². The van der Waals surface area contributed by atoms with E-state index in [0.717, 1.165) is 30.4 Å². The van der Waals surface area contributed by atoms with Gasteiger partial charge < -0.3 is 14.2 Å². The van der Waals surface area contributed by atoms with E-state index in [4.69, 9.17) is 4.74 Å². The van der Waals surface area contributed by atoms with Crippen LogP contribution in [0.15, 0.2) is 17.3 Å². The lowest BCUT2D eigenvalue weighted by Gasteiger charge is -2.28. The van der Waals surface area contributed by atoms with Crippen LogP contribution in [0.4, 0.5) is 5.82 Å². The molecule has 1 aliphatic rings. The number of hydrogen-bond donors (Lipinski definition) is 1. The zero-order valence-corrected chi connectivity index (χ0v) is 17.0. The third-order valence-electron chi connectivity index (χ3n) is 4.32. The fraction of sp³-hybridized carbons (Fsp3) is 0.588. The number of nitrogens with zero attached hydrogens (tertiary/aromatic N) is 5. The van der Waals surface area contributed by atoms with Crippen LogP contribution in [0.1, 0.15) is 37.1 Å². The fourth-order valence-electron chi connectivity index (χ4n) is 3.00. The van der Waals surface area contributed by atoms with Gasteiger partial charge in [-0.1, -0.05) is 13.8 Å². The first-order valence-corrected chi connectivity index (χ1v) is 10.4. The Kier molecular flexibility index (Phi) is 5.78. The summed E-state index contributed by atoms with van der Waals surface area (Å²) in [6.07, 6.45) is 1.52. The van der Waals surface area contributed by atoms with Gasteiger partial charge in [0.2, 0.25) is 0 Å². The van der Waals surface area contributed by atoms with Crippen LogP contribution in [0, 0.1) is 6.92 Å². The molecule has 9 nitrogen and oxygen atoms in total. The summed E-state index contributed by atoms with van der Waals surface area (Å²) < 4.78 is 34.8. The zero-order valence-electron chi connectivity index (χ0n) is 16.1. The molecule has 27 heavy (non-hydrogen) atoms. The molecule has 1 aliphatic heterocycles. The number of nitrogens with one attached hydrogen (secondary N) is 1. The van der Waals surface area contributed by atoms with E-state index < -0.39 is 10.0 Å². The largest absolute Gasteiger partial charge is 0.378 e. The van der Waals surface area contributed by atoms with E-state index in [1.165, 1.54) is 6.20 Å². The number of ether oxygens (including phenoxy) is 1. The Bertz CT molecular complexity index is 903. The molecule has 10 heteroatoms. The third kappa shape index (κ3) is 4.63. The Morgan fingerprint density at radius 3 is 2.56 bits per heavy atom. The van der Waals surface area contributed by atoms with Crippen molar-refractivity contribution in [2.75, 3.05) is 31.2 Å². The molecule has 148 valence electrons. The molecule has 1 N–H and O–H groups in total. The van der Waals surface area contributed by atoms with Gasteiger partial charge >= 0.3 is 0 Å². The Morgan fingerprint density at radius 2 is 1.93 bits per heavy atom. The van der Waals surface area contributed by atoms with Crippen LogP contribution in [-0.4, -0.2) is 54.2 Å². The minimum absolute atomic E-state index is 0.00887. The van der Waals surface area contributed by atoms with Crippen molar-refractivity contribution in [2.24, 2.45) is 7.05 Å². The minimum Gasteiger partial charge on any atom is -0.378 e. The Labute approximate surface area is 159 Å². The van der Waals surface area contributed by atoms with Crippen LogP contribution >= 0.6 is 0 Å². The average molecular weight is 395 g/mol. The molecular weight excluding hydrogens is 368 g/mol. The summed E-state index contributed by atoms with van der Waals surface area (Å²) in [4.78, 5) is 15.2. The average Bonchev–Trinajstić information content (AvgIpc) is 3.03. The summed E-state index contributed by atoms with van der Waals surface area (Å²) in [5.74, 6) is 2.08.